The highest BCUT2D eigenvalue weighted by Crippen LogP contribution is 2.68. The molecule has 2 bridgehead atoms. The minimum Gasteiger partial charge on any atom is -0.465 e. The first kappa shape index (κ1) is 15.7. The van der Waals surface area contributed by atoms with E-state index in [2.05, 4.69) is 0 Å². The Morgan fingerprint density at radius 3 is 2.41 bits per heavy atom. The second kappa shape index (κ2) is 4.65. The Hall–Kier alpha value is -1.19. The molecule has 2 saturated carbocycles. The maximum Gasteiger partial charge on any atom is 0.302 e. The fraction of sp³-hybridized carbons (Fsp3) is 0.846. The fourth-order valence-electron chi connectivity index (χ4n) is 4.21. The van der Waals surface area contributed by atoms with Crippen LogP contribution in [0.2, 0.25) is 0 Å². The third-order valence-corrected chi connectivity index (χ3v) is 6.90. The van der Waals surface area contributed by atoms with E-state index in [1.165, 1.54) is 13.8 Å². The Morgan fingerprint density at radius 2 is 1.82 bits per heavy atom. The molecule has 5 atom stereocenters. The maximum absolute atomic E-state index is 12.2. The lowest BCUT2D eigenvalue weighted by atomic mass is 9.78. The van der Waals surface area contributed by atoms with Crippen molar-refractivity contribution in [3.8, 4) is 0 Å². The van der Waals surface area contributed by atoms with Gasteiger partial charge in [-0.2, -0.15) is 8.42 Å². The van der Waals surface area contributed by atoms with Crippen molar-refractivity contribution in [3.63, 3.8) is 0 Å². The lowest BCUT2D eigenvalue weighted by molar-refractivity contribution is -0.150. The van der Waals surface area contributed by atoms with Crippen LogP contribution >= 0.6 is 0 Å². The van der Waals surface area contributed by atoms with Crippen molar-refractivity contribution in [2.24, 2.45) is 10.8 Å². The van der Waals surface area contributed by atoms with Crippen LogP contribution in [0.15, 0.2) is 0 Å². The first-order valence-electron chi connectivity index (χ1n) is 7.00. The zero-order chi connectivity index (χ0) is 16.3. The van der Waals surface area contributed by atoms with E-state index < -0.39 is 50.3 Å². The molecule has 5 unspecified atom stereocenters. The SMILES string of the molecule is CC(=O)OCC12CC3C(COC(C)=O)(C1)C(OS3(=O)=O)C2O. The summed E-state index contributed by atoms with van der Waals surface area (Å²) in [7, 11) is -3.84. The predicted octanol–water partition coefficient (Wildman–Crippen LogP) is -0.649. The molecule has 0 radical (unpaired) electrons. The number of hydrogen-bond donors (Lipinski definition) is 1. The summed E-state index contributed by atoms with van der Waals surface area (Å²) in [6.45, 7) is 2.29. The Morgan fingerprint density at radius 1 is 1.23 bits per heavy atom. The molecule has 22 heavy (non-hydrogen) atoms. The quantitative estimate of drug-likeness (QED) is 0.532. The van der Waals surface area contributed by atoms with Gasteiger partial charge in [0, 0.05) is 19.3 Å². The van der Waals surface area contributed by atoms with Crippen molar-refractivity contribution in [2.75, 3.05) is 13.2 Å². The molecule has 0 aromatic rings. The average molecular weight is 334 g/mol. The number of hydrogen-bond acceptors (Lipinski definition) is 8. The van der Waals surface area contributed by atoms with Gasteiger partial charge in [-0.25, -0.2) is 0 Å². The summed E-state index contributed by atoms with van der Waals surface area (Å²) in [5, 5.41) is 9.65. The molecule has 124 valence electrons. The smallest absolute Gasteiger partial charge is 0.302 e. The van der Waals surface area contributed by atoms with Crippen LogP contribution < -0.4 is 0 Å². The van der Waals surface area contributed by atoms with Gasteiger partial charge in [0.25, 0.3) is 10.1 Å². The number of aliphatic hydroxyl groups excluding tert-OH is 1. The fourth-order valence-corrected chi connectivity index (χ4v) is 6.33. The van der Waals surface area contributed by atoms with Gasteiger partial charge in [-0.05, 0) is 12.8 Å². The van der Waals surface area contributed by atoms with Gasteiger partial charge in [-0.15, -0.1) is 0 Å². The molecular weight excluding hydrogens is 316 g/mol. The minimum absolute atomic E-state index is 0.0722. The van der Waals surface area contributed by atoms with E-state index in [-0.39, 0.29) is 26.1 Å². The molecule has 8 nitrogen and oxygen atoms in total. The van der Waals surface area contributed by atoms with Gasteiger partial charge in [-0.3, -0.25) is 13.8 Å². The molecule has 9 heteroatoms. The molecule has 3 rings (SSSR count). The Kier molecular flexibility index (Phi) is 3.32. The minimum atomic E-state index is -3.84. The molecule has 3 fully saturated rings. The van der Waals surface area contributed by atoms with Crippen molar-refractivity contribution in [3.05, 3.63) is 0 Å². The van der Waals surface area contributed by atoms with E-state index >= 15 is 0 Å². The number of carbonyl (C=O) groups excluding carboxylic acids is 2. The zero-order valence-electron chi connectivity index (χ0n) is 12.3. The molecule has 1 heterocycles. The maximum atomic E-state index is 12.2. The average Bonchev–Trinajstić information content (AvgIpc) is 2.91. The van der Waals surface area contributed by atoms with Crippen LogP contribution in [-0.4, -0.2) is 56.1 Å². The van der Waals surface area contributed by atoms with Crippen LogP contribution in [0.3, 0.4) is 0 Å². The van der Waals surface area contributed by atoms with Gasteiger partial charge in [0.2, 0.25) is 0 Å². The molecule has 0 amide bonds. The molecule has 0 aromatic carbocycles. The standard InChI is InChI=1S/C13H18O8S/c1-7(14)19-5-12-3-9-13(4-12,6-20-8(2)15)11(10(12)16)21-22(9,17)18/h9-11,16H,3-6H2,1-2H3. The van der Waals surface area contributed by atoms with Crippen molar-refractivity contribution in [2.45, 2.75) is 44.1 Å². The van der Waals surface area contributed by atoms with Gasteiger partial charge in [0.15, 0.2) is 0 Å². The molecule has 3 aliphatic rings. The monoisotopic (exact) mass is 334 g/mol. The Labute approximate surface area is 127 Å². The molecule has 0 spiro atoms. The molecular formula is C13H18O8S. The van der Waals surface area contributed by atoms with Crippen LogP contribution in [0.4, 0.5) is 0 Å². The van der Waals surface area contributed by atoms with Crippen LogP contribution in [0.25, 0.3) is 0 Å². The van der Waals surface area contributed by atoms with Crippen molar-refractivity contribution in [1.29, 1.82) is 0 Å². The summed E-state index contributed by atoms with van der Waals surface area (Å²) in [4.78, 5) is 22.2. The van der Waals surface area contributed by atoms with Crippen molar-refractivity contribution in [1.82, 2.24) is 0 Å². The van der Waals surface area contributed by atoms with Crippen LogP contribution in [0.1, 0.15) is 26.7 Å². The number of aliphatic hydroxyl groups is 1. The third kappa shape index (κ3) is 1.99. The van der Waals surface area contributed by atoms with Crippen LogP contribution in [0.5, 0.6) is 0 Å². The van der Waals surface area contributed by atoms with E-state index in [9.17, 15) is 23.1 Å². The van der Waals surface area contributed by atoms with E-state index in [0.29, 0.717) is 0 Å². The third-order valence-electron chi connectivity index (χ3n) is 5.09. The second-order valence-electron chi connectivity index (χ2n) is 6.48. The number of ether oxygens (including phenoxy) is 2. The van der Waals surface area contributed by atoms with Crippen LogP contribution in [-0.2, 0) is 33.4 Å². The first-order valence-corrected chi connectivity index (χ1v) is 8.47. The van der Waals surface area contributed by atoms with E-state index in [1.807, 2.05) is 0 Å². The van der Waals surface area contributed by atoms with Gasteiger partial charge < -0.3 is 14.6 Å². The predicted molar refractivity (Wildman–Crippen MR) is 71.0 cm³/mol. The molecule has 0 aromatic heterocycles. The summed E-state index contributed by atoms with van der Waals surface area (Å²) < 4.78 is 39.5. The van der Waals surface area contributed by atoms with Crippen LogP contribution in [0, 0.1) is 10.8 Å². The second-order valence-corrected chi connectivity index (χ2v) is 8.23. The molecule has 2 aliphatic carbocycles. The highest BCUT2D eigenvalue weighted by molar-refractivity contribution is 7.87. The summed E-state index contributed by atoms with van der Waals surface area (Å²) in [5.74, 6) is -1.02. The van der Waals surface area contributed by atoms with Gasteiger partial charge in [-0.1, -0.05) is 0 Å². The van der Waals surface area contributed by atoms with E-state index in [4.69, 9.17) is 13.7 Å². The summed E-state index contributed by atoms with van der Waals surface area (Å²) in [5.41, 5.74) is -1.84. The molecule has 1 saturated heterocycles. The zero-order valence-corrected chi connectivity index (χ0v) is 13.1. The number of rotatable bonds is 4. The number of carbonyl (C=O) groups is 2. The van der Waals surface area contributed by atoms with E-state index in [1.54, 1.807) is 0 Å². The van der Waals surface area contributed by atoms with Gasteiger partial charge >= 0.3 is 11.9 Å². The number of esters is 2. The summed E-state index contributed by atoms with van der Waals surface area (Å²) >= 11 is 0. The largest absolute Gasteiger partial charge is 0.465 e. The van der Waals surface area contributed by atoms with Gasteiger partial charge in [0.1, 0.15) is 12.7 Å². The highest BCUT2D eigenvalue weighted by atomic mass is 32.2. The first-order chi connectivity index (χ1) is 10.1. The Bertz CT molecular complexity index is 628. The van der Waals surface area contributed by atoms with Crippen molar-refractivity contribution >= 4 is 22.1 Å². The van der Waals surface area contributed by atoms with Gasteiger partial charge in [0.05, 0.1) is 23.4 Å². The molecule has 1 N–H and O–H groups in total. The van der Waals surface area contributed by atoms with Crippen molar-refractivity contribution < 1.29 is 36.8 Å². The summed E-state index contributed by atoms with van der Waals surface area (Å²) in [6.07, 6.45) is -1.65. The van der Waals surface area contributed by atoms with E-state index in [0.717, 1.165) is 0 Å². The summed E-state index contributed by atoms with van der Waals surface area (Å²) in [6, 6.07) is 0. The lowest BCUT2D eigenvalue weighted by Crippen LogP contribution is -2.49. The Balaban J connectivity index is 1.94. The highest BCUT2D eigenvalue weighted by Gasteiger charge is 2.78. The molecule has 1 aliphatic heterocycles. The normalized spacial score (nSPS) is 44.0. The topological polar surface area (TPSA) is 116 Å². The number of fused-ring (bicyclic) bond motifs is 1. The lowest BCUT2D eigenvalue weighted by Gasteiger charge is -2.34.